The number of aromatic carboxylic acids is 1. The zero-order valence-electron chi connectivity index (χ0n) is 8.27. The van der Waals surface area contributed by atoms with Crippen LogP contribution in [0.4, 0.5) is 5.69 Å². The molecule has 1 saturated heterocycles. The summed E-state index contributed by atoms with van der Waals surface area (Å²) in [6.07, 6.45) is 1.11. The molecular weight excluding hydrogens is 210 g/mol. The predicted octanol–water partition coefficient (Wildman–Crippen LogP) is 2.30. The van der Waals surface area contributed by atoms with Crippen LogP contribution < -0.4 is 5.32 Å². The summed E-state index contributed by atoms with van der Waals surface area (Å²) >= 11 is 1.91. The van der Waals surface area contributed by atoms with E-state index >= 15 is 0 Å². The lowest BCUT2D eigenvalue weighted by atomic mass is 10.1. The van der Waals surface area contributed by atoms with Gasteiger partial charge in [-0.25, -0.2) is 4.79 Å². The summed E-state index contributed by atoms with van der Waals surface area (Å²) in [6, 6.07) is 7.48. The van der Waals surface area contributed by atoms with Crippen LogP contribution in [0, 0.1) is 0 Å². The van der Waals surface area contributed by atoms with Gasteiger partial charge in [0, 0.05) is 17.5 Å². The first-order valence-electron chi connectivity index (χ1n) is 4.94. The zero-order chi connectivity index (χ0) is 10.7. The first-order chi connectivity index (χ1) is 7.27. The molecule has 1 atom stereocenters. The van der Waals surface area contributed by atoms with Gasteiger partial charge in [0.1, 0.15) is 0 Å². The van der Waals surface area contributed by atoms with Gasteiger partial charge in [-0.3, -0.25) is 0 Å². The molecule has 0 bridgehead atoms. The average molecular weight is 223 g/mol. The van der Waals surface area contributed by atoms with Crippen LogP contribution in [0.25, 0.3) is 0 Å². The Morgan fingerprint density at radius 1 is 1.47 bits per heavy atom. The van der Waals surface area contributed by atoms with Crippen molar-refractivity contribution in [2.75, 3.05) is 16.8 Å². The number of carboxylic acid groups (broad SMARTS) is 1. The average Bonchev–Trinajstić information content (AvgIpc) is 2.71. The Morgan fingerprint density at radius 2 is 2.27 bits per heavy atom. The molecule has 2 N–H and O–H groups in total. The molecule has 4 heteroatoms. The Kier molecular flexibility index (Phi) is 3.16. The maximum absolute atomic E-state index is 11.0. The number of carboxylic acids is 1. The molecule has 0 spiro atoms. The number of nitrogens with one attached hydrogen (secondary N) is 1. The molecule has 0 saturated carbocycles. The number of benzene rings is 1. The molecular formula is C11H13NO2S. The minimum atomic E-state index is -0.872. The smallest absolute Gasteiger partial charge is 0.337 e. The molecule has 0 aliphatic carbocycles. The van der Waals surface area contributed by atoms with Crippen molar-refractivity contribution < 1.29 is 9.90 Å². The fourth-order valence-electron chi connectivity index (χ4n) is 1.66. The van der Waals surface area contributed by atoms with E-state index in [2.05, 4.69) is 5.32 Å². The van der Waals surface area contributed by atoms with Gasteiger partial charge in [0.25, 0.3) is 0 Å². The van der Waals surface area contributed by atoms with E-state index in [9.17, 15) is 4.79 Å². The molecule has 1 aliphatic heterocycles. The molecule has 2 rings (SSSR count). The Labute approximate surface area is 92.9 Å². The van der Waals surface area contributed by atoms with Crippen molar-refractivity contribution in [1.29, 1.82) is 0 Å². The number of thioether (sulfide) groups is 1. The van der Waals surface area contributed by atoms with Gasteiger partial charge in [-0.2, -0.15) is 11.8 Å². The van der Waals surface area contributed by atoms with Gasteiger partial charge in [0.15, 0.2) is 0 Å². The van der Waals surface area contributed by atoms with Gasteiger partial charge in [-0.05, 0) is 24.3 Å². The summed E-state index contributed by atoms with van der Waals surface area (Å²) in [6.45, 7) is 0. The van der Waals surface area contributed by atoms with E-state index in [0.717, 1.165) is 23.6 Å². The Bertz CT molecular complexity index is 361. The Balaban J connectivity index is 2.15. The number of anilines is 1. The molecule has 0 radical (unpaired) electrons. The molecule has 1 aromatic carbocycles. The fourth-order valence-corrected chi connectivity index (χ4v) is 2.82. The summed E-state index contributed by atoms with van der Waals surface area (Å²) in [5.41, 5.74) is 1.09. The second kappa shape index (κ2) is 4.57. The largest absolute Gasteiger partial charge is 0.478 e. The quantitative estimate of drug-likeness (QED) is 0.825. The van der Waals surface area contributed by atoms with E-state index in [-0.39, 0.29) is 0 Å². The van der Waals surface area contributed by atoms with Crippen LogP contribution in [-0.4, -0.2) is 28.6 Å². The van der Waals surface area contributed by atoms with E-state index in [1.807, 2.05) is 23.9 Å². The van der Waals surface area contributed by atoms with E-state index in [1.165, 1.54) is 0 Å². The molecule has 1 unspecified atom stereocenters. The number of hydrogen-bond acceptors (Lipinski definition) is 3. The van der Waals surface area contributed by atoms with Crippen LogP contribution >= 0.6 is 11.8 Å². The van der Waals surface area contributed by atoms with Gasteiger partial charge in [-0.1, -0.05) is 12.1 Å². The Morgan fingerprint density at radius 3 is 2.93 bits per heavy atom. The minimum Gasteiger partial charge on any atom is -0.478 e. The van der Waals surface area contributed by atoms with E-state index in [1.54, 1.807) is 12.1 Å². The zero-order valence-corrected chi connectivity index (χ0v) is 9.09. The first kappa shape index (κ1) is 10.4. The SMILES string of the molecule is O=C(O)c1ccccc1NC1CCSC1. The summed E-state index contributed by atoms with van der Waals surface area (Å²) in [4.78, 5) is 11.0. The second-order valence-electron chi connectivity index (χ2n) is 3.56. The maximum Gasteiger partial charge on any atom is 0.337 e. The van der Waals surface area contributed by atoms with Crippen molar-refractivity contribution in [1.82, 2.24) is 0 Å². The molecule has 0 aromatic heterocycles. The van der Waals surface area contributed by atoms with Crippen molar-refractivity contribution in [2.24, 2.45) is 0 Å². The fraction of sp³-hybridized carbons (Fsp3) is 0.364. The van der Waals surface area contributed by atoms with Crippen molar-refractivity contribution in [3.05, 3.63) is 29.8 Å². The number of carbonyl (C=O) groups is 1. The molecule has 1 aliphatic rings. The molecule has 80 valence electrons. The summed E-state index contributed by atoms with van der Waals surface area (Å²) in [5.74, 6) is 1.35. The third kappa shape index (κ3) is 2.45. The topological polar surface area (TPSA) is 49.3 Å². The Hall–Kier alpha value is -1.16. The lowest BCUT2D eigenvalue weighted by Crippen LogP contribution is -2.19. The molecule has 1 aromatic rings. The summed E-state index contributed by atoms with van der Waals surface area (Å²) in [5, 5.41) is 12.3. The lowest BCUT2D eigenvalue weighted by Gasteiger charge is -2.14. The summed E-state index contributed by atoms with van der Waals surface area (Å²) in [7, 11) is 0. The highest BCUT2D eigenvalue weighted by atomic mass is 32.2. The summed E-state index contributed by atoms with van der Waals surface area (Å²) < 4.78 is 0. The molecule has 15 heavy (non-hydrogen) atoms. The molecule has 1 heterocycles. The highest BCUT2D eigenvalue weighted by molar-refractivity contribution is 7.99. The van der Waals surface area contributed by atoms with Crippen LogP contribution in [-0.2, 0) is 0 Å². The van der Waals surface area contributed by atoms with Crippen LogP contribution in [0.2, 0.25) is 0 Å². The first-order valence-corrected chi connectivity index (χ1v) is 6.09. The van der Waals surface area contributed by atoms with Crippen molar-refractivity contribution in [2.45, 2.75) is 12.5 Å². The predicted molar refractivity (Wildman–Crippen MR) is 62.8 cm³/mol. The molecule has 3 nitrogen and oxygen atoms in total. The van der Waals surface area contributed by atoms with E-state index in [4.69, 9.17) is 5.11 Å². The standard InChI is InChI=1S/C11H13NO2S/c13-11(14)9-3-1-2-4-10(9)12-8-5-6-15-7-8/h1-4,8,12H,5-7H2,(H,13,14). The van der Waals surface area contributed by atoms with Crippen LogP contribution in [0.15, 0.2) is 24.3 Å². The van der Waals surface area contributed by atoms with E-state index in [0.29, 0.717) is 11.6 Å². The van der Waals surface area contributed by atoms with Crippen molar-refractivity contribution >= 4 is 23.4 Å². The normalized spacial score (nSPS) is 20.1. The third-order valence-corrected chi connectivity index (χ3v) is 3.61. The van der Waals surface area contributed by atoms with Gasteiger partial charge in [-0.15, -0.1) is 0 Å². The third-order valence-electron chi connectivity index (χ3n) is 2.45. The highest BCUT2D eigenvalue weighted by Gasteiger charge is 2.17. The van der Waals surface area contributed by atoms with Crippen LogP contribution in [0.5, 0.6) is 0 Å². The van der Waals surface area contributed by atoms with Crippen LogP contribution in [0.1, 0.15) is 16.8 Å². The van der Waals surface area contributed by atoms with Gasteiger partial charge < -0.3 is 10.4 Å². The van der Waals surface area contributed by atoms with E-state index < -0.39 is 5.97 Å². The molecule has 0 amide bonds. The monoisotopic (exact) mass is 223 g/mol. The second-order valence-corrected chi connectivity index (χ2v) is 4.71. The minimum absolute atomic E-state index is 0.356. The molecule has 1 fully saturated rings. The number of rotatable bonds is 3. The van der Waals surface area contributed by atoms with Crippen molar-refractivity contribution in [3.63, 3.8) is 0 Å². The van der Waals surface area contributed by atoms with Crippen molar-refractivity contribution in [3.8, 4) is 0 Å². The lowest BCUT2D eigenvalue weighted by molar-refractivity contribution is 0.0698. The van der Waals surface area contributed by atoms with Gasteiger partial charge in [0.05, 0.1) is 5.56 Å². The van der Waals surface area contributed by atoms with Gasteiger partial charge >= 0.3 is 5.97 Å². The number of para-hydroxylation sites is 1. The van der Waals surface area contributed by atoms with Gasteiger partial charge in [0.2, 0.25) is 0 Å². The number of hydrogen-bond donors (Lipinski definition) is 2. The highest BCUT2D eigenvalue weighted by Crippen LogP contribution is 2.23. The van der Waals surface area contributed by atoms with Crippen LogP contribution in [0.3, 0.4) is 0 Å². The maximum atomic E-state index is 11.0.